The molecule has 1 rings (SSSR count). The van der Waals surface area contributed by atoms with Gasteiger partial charge in [-0.05, 0) is 37.2 Å². The normalized spacial score (nSPS) is 21.6. The zero-order chi connectivity index (χ0) is 10.4. The molecule has 0 N–H and O–H groups in total. The number of methoxy groups -OCH3 is 2. The Balaban J connectivity index is 2.29. The molecule has 3 nitrogen and oxygen atoms in total. The highest BCUT2D eigenvalue weighted by Crippen LogP contribution is 2.30. The van der Waals surface area contributed by atoms with E-state index in [2.05, 4.69) is 4.74 Å². The predicted octanol–water partition coefficient (Wildman–Crippen LogP) is 2.27. The zero-order valence-corrected chi connectivity index (χ0v) is 8.91. The van der Waals surface area contributed by atoms with Crippen LogP contribution in [0.2, 0.25) is 0 Å². The van der Waals surface area contributed by atoms with E-state index in [0.29, 0.717) is 12.3 Å². The molecule has 1 aliphatic carbocycles. The highest BCUT2D eigenvalue weighted by molar-refractivity contribution is 5.69. The van der Waals surface area contributed by atoms with Crippen LogP contribution in [0.4, 0.5) is 0 Å². The number of esters is 1. The van der Waals surface area contributed by atoms with Gasteiger partial charge in [-0.1, -0.05) is 0 Å². The molecule has 0 spiro atoms. The van der Waals surface area contributed by atoms with Gasteiger partial charge in [0.1, 0.15) is 0 Å². The number of hydrogen-bond acceptors (Lipinski definition) is 3. The van der Waals surface area contributed by atoms with Crippen LogP contribution in [0.1, 0.15) is 32.1 Å². The Labute approximate surface area is 85.1 Å². The van der Waals surface area contributed by atoms with Gasteiger partial charge in [-0.25, -0.2) is 0 Å². The Hall–Kier alpha value is -0.990. The summed E-state index contributed by atoms with van der Waals surface area (Å²) >= 11 is 0. The Morgan fingerprint density at radius 3 is 2.57 bits per heavy atom. The molecule has 0 atom stereocenters. The van der Waals surface area contributed by atoms with E-state index >= 15 is 0 Å². The lowest BCUT2D eigenvalue weighted by Crippen LogP contribution is -2.14. The monoisotopic (exact) mass is 198 g/mol. The van der Waals surface area contributed by atoms with Gasteiger partial charge in [-0.2, -0.15) is 0 Å². The molecule has 0 aromatic carbocycles. The van der Waals surface area contributed by atoms with Gasteiger partial charge >= 0.3 is 5.97 Å². The summed E-state index contributed by atoms with van der Waals surface area (Å²) in [6, 6.07) is 0. The fourth-order valence-electron chi connectivity index (χ4n) is 1.86. The minimum Gasteiger partial charge on any atom is -0.504 e. The third-order valence-electron chi connectivity index (χ3n) is 2.71. The van der Waals surface area contributed by atoms with Gasteiger partial charge in [0, 0.05) is 6.42 Å². The summed E-state index contributed by atoms with van der Waals surface area (Å²) in [4.78, 5) is 11.0. The summed E-state index contributed by atoms with van der Waals surface area (Å²) in [5.41, 5.74) is 1.36. The predicted molar refractivity (Wildman–Crippen MR) is 53.7 cm³/mol. The molecule has 1 fully saturated rings. The summed E-state index contributed by atoms with van der Waals surface area (Å²) in [5.74, 6) is 0.408. The largest absolute Gasteiger partial charge is 0.504 e. The van der Waals surface area contributed by atoms with Gasteiger partial charge in [0.15, 0.2) is 0 Å². The van der Waals surface area contributed by atoms with E-state index in [1.54, 1.807) is 7.11 Å². The number of hydrogen-bond donors (Lipinski definition) is 0. The van der Waals surface area contributed by atoms with Crippen LogP contribution in [-0.4, -0.2) is 20.2 Å². The smallest absolute Gasteiger partial charge is 0.305 e. The summed E-state index contributed by atoms with van der Waals surface area (Å²) in [7, 11) is 3.12. The second-order valence-electron chi connectivity index (χ2n) is 3.74. The second-order valence-corrected chi connectivity index (χ2v) is 3.74. The first-order chi connectivity index (χ1) is 6.76. The molecule has 0 amide bonds. The van der Waals surface area contributed by atoms with Crippen molar-refractivity contribution < 1.29 is 14.3 Å². The van der Waals surface area contributed by atoms with Gasteiger partial charge in [-0.15, -0.1) is 0 Å². The maximum absolute atomic E-state index is 11.0. The maximum atomic E-state index is 11.0. The summed E-state index contributed by atoms with van der Waals surface area (Å²) in [6.45, 7) is 0. The van der Waals surface area contributed by atoms with Crippen LogP contribution in [0.15, 0.2) is 11.8 Å². The van der Waals surface area contributed by atoms with Gasteiger partial charge < -0.3 is 9.47 Å². The van der Waals surface area contributed by atoms with E-state index < -0.39 is 0 Å². The zero-order valence-electron chi connectivity index (χ0n) is 8.91. The number of carbonyl (C=O) groups excluding carboxylic acids is 1. The van der Waals surface area contributed by atoms with E-state index in [4.69, 9.17) is 4.74 Å². The molecule has 0 aromatic heterocycles. The van der Waals surface area contributed by atoms with Crippen molar-refractivity contribution >= 4 is 5.97 Å². The fraction of sp³-hybridized carbons (Fsp3) is 0.727. The summed E-state index contributed by atoms with van der Waals surface area (Å²) < 4.78 is 9.61. The molecule has 0 saturated heterocycles. The first-order valence-electron chi connectivity index (χ1n) is 5.03. The van der Waals surface area contributed by atoms with Gasteiger partial charge in [0.25, 0.3) is 0 Å². The van der Waals surface area contributed by atoms with E-state index in [9.17, 15) is 4.79 Å². The molecule has 80 valence electrons. The lowest BCUT2D eigenvalue weighted by atomic mass is 9.84. The third-order valence-corrected chi connectivity index (χ3v) is 2.71. The molecule has 0 aliphatic heterocycles. The minimum absolute atomic E-state index is 0.0887. The molecular weight excluding hydrogens is 180 g/mol. The van der Waals surface area contributed by atoms with Crippen molar-refractivity contribution in [2.24, 2.45) is 5.92 Å². The summed E-state index contributed by atoms with van der Waals surface area (Å²) in [6.07, 6.45) is 6.64. The van der Waals surface area contributed by atoms with Crippen molar-refractivity contribution in [2.45, 2.75) is 32.1 Å². The van der Waals surface area contributed by atoms with E-state index in [1.165, 1.54) is 12.7 Å². The first kappa shape index (κ1) is 11.1. The maximum Gasteiger partial charge on any atom is 0.305 e. The lowest BCUT2D eigenvalue weighted by molar-refractivity contribution is -0.141. The van der Waals surface area contributed by atoms with Crippen molar-refractivity contribution in [1.82, 2.24) is 0 Å². The van der Waals surface area contributed by atoms with Crippen LogP contribution >= 0.6 is 0 Å². The van der Waals surface area contributed by atoms with E-state index in [0.717, 1.165) is 25.7 Å². The average Bonchev–Trinajstić information content (AvgIpc) is 2.21. The number of allylic oxidation sites excluding steroid dienone is 1. The van der Waals surface area contributed by atoms with Crippen LogP contribution in [0.5, 0.6) is 0 Å². The summed E-state index contributed by atoms with van der Waals surface area (Å²) in [5, 5.41) is 0. The Morgan fingerprint density at radius 1 is 1.43 bits per heavy atom. The molecule has 14 heavy (non-hydrogen) atoms. The van der Waals surface area contributed by atoms with E-state index in [1.807, 2.05) is 6.26 Å². The van der Waals surface area contributed by atoms with Crippen molar-refractivity contribution in [3.05, 3.63) is 11.8 Å². The lowest BCUT2D eigenvalue weighted by Gasteiger charge is -2.22. The topological polar surface area (TPSA) is 35.5 Å². The molecule has 0 unspecified atom stereocenters. The van der Waals surface area contributed by atoms with Gasteiger partial charge in [0.2, 0.25) is 0 Å². The average molecular weight is 198 g/mol. The number of carbonyl (C=O) groups is 1. The molecule has 0 radical (unpaired) electrons. The number of ether oxygens (including phenoxy) is 2. The Kier molecular flexibility index (Phi) is 4.50. The van der Waals surface area contributed by atoms with E-state index in [-0.39, 0.29) is 5.97 Å². The van der Waals surface area contributed by atoms with Crippen molar-refractivity contribution in [2.75, 3.05) is 14.2 Å². The van der Waals surface area contributed by atoms with Crippen LogP contribution in [0, 0.1) is 5.92 Å². The first-order valence-corrected chi connectivity index (χ1v) is 5.03. The highest BCUT2D eigenvalue weighted by Gasteiger charge is 2.19. The van der Waals surface area contributed by atoms with Crippen LogP contribution in [-0.2, 0) is 14.3 Å². The van der Waals surface area contributed by atoms with Crippen molar-refractivity contribution in [3.63, 3.8) is 0 Å². The minimum atomic E-state index is -0.0887. The number of rotatable bonds is 3. The second kappa shape index (κ2) is 5.68. The Bertz CT molecular complexity index is 211. The molecule has 1 saturated carbocycles. The fourth-order valence-corrected chi connectivity index (χ4v) is 1.86. The molecule has 1 aliphatic rings. The standard InChI is InChI=1S/C11H18O3/c1-13-8-10-5-3-9(4-6-10)7-11(12)14-2/h8-9H,3-7H2,1-2H3. The van der Waals surface area contributed by atoms with Gasteiger partial charge in [0.05, 0.1) is 20.5 Å². The molecule has 0 bridgehead atoms. The highest BCUT2D eigenvalue weighted by atomic mass is 16.5. The van der Waals surface area contributed by atoms with Crippen LogP contribution in [0.25, 0.3) is 0 Å². The van der Waals surface area contributed by atoms with Crippen molar-refractivity contribution in [1.29, 1.82) is 0 Å². The molecule has 0 heterocycles. The van der Waals surface area contributed by atoms with Crippen molar-refractivity contribution in [3.8, 4) is 0 Å². The third kappa shape index (κ3) is 3.40. The molecule has 0 aromatic rings. The molecular formula is C11H18O3. The quantitative estimate of drug-likeness (QED) is 0.515. The van der Waals surface area contributed by atoms with Crippen LogP contribution in [0.3, 0.4) is 0 Å². The van der Waals surface area contributed by atoms with Gasteiger partial charge in [-0.3, -0.25) is 4.79 Å². The molecule has 3 heteroatoms. The SMILES string of the molecule is COC=C1CCC(CC(=O)OC)CC1. The van der Waals surface area contributed by atoms with Crippen LogP contribution < -0.4 is 0 Å². The Morgan fingerprint density at radius 2 is 2.07 bits per heavy atom.